The summed E-state index contributed by atoms with van der Waals surface area (Å²) in [5, 5.41) is 3.70. The molecule has 0 saturated heterocycles. The van der Waals surface area contributed by atoms with E-state index in [0.29, 0.717) is 18.7 Å². The maximum atomic E-state index is 11.7. The predicted molar refractivity (Wildman–Crippen MR) is 85.0 cm³/mol. The Balaban J connectivity index is 2.41. The number of nitrogens with one attached hydrogen (secondary N) is 1. The van der Waals surface area contributed by atoms with E-state index in [9.17, 15) is 9.59 Å². The molecule has 2 rings (SSSR count). The largest absolute Gasteiger partial charge is 0.497 e. The van der Waals surface area contributed by atoms with Crippen LogP contribution in [0, 0.1) is 0 Å². The van der Waals surface area contributed by atoms with Crippen molar-refractivity contribution in [3.05, 3.63) is 30.0 Å². The van der Waals surface area contributed by atoms with E-state index in [2.05, 4.69) is 5.32 Å². The van der Waals surface area contributed by atoms with Gasteiger partial charge in [0.2, 0.25) is 5.91 Å². The van der Waals surface area contributed by atoms with E-state index >= 15 is 0 Å². The van der Waals surface area contributed by atoms with E-state index in [1.807, 2.05) is 29.7 Å². The smallest absolute Gasteiger partial charge is 0.265 e. The minimum Gasteiger partial charge on any atom is -0.497 e. The van der Waals surface area contributed by atoms with E-state index in [-0.39, 0.29) is 11.9 Å². The quantitative estimate of drug-likeness (QED) is 0.853. The number of benzene rings is 1. The van der Waals surface area contributed by atoms with E-state index in [0.717, 1.165) is 16.7 Å². The summed E-state index contributed by atoms with van der Waals surface area (Å²) >= 11 is 0. The first-order valence-electron chi connectivity index (χ1n) is 7.17. The second-order valence-corrected chi connectivity index (χ2v) is 5.31. The van der Waals surface area contributed by atoms with Crippen LogP contribution < -0.4 is 15.8 Å². The number of ether oxygens (including phenoxy) is 1. The van der Waals surface area contributed by atoms with Gasteiger partial charge in [-0.3, -0.25) is 9.59 Å². The minimum atomic E-state index is -0.471. The van der Waals surface area contributed by atoms with Crippen molar-refractivity contribution in [1.29, 1.82) is 0 Å². The van der Waals surface area contributed by atoms with Gasteiger partial charge in [-0.05, 0) is 31.5 Å². The number of carbonyl (C=O) groups is 2. The molecule has 0 aliphatic rings. The number of hydrogen-bond acceptors (Lipinski definition) is 3. The first-order valence-corrected chi connectivity index (χ1v) is 7.17. The van der Waals surface area contributed by atoms with Crippen LogP contribution in [0.3, 0.4) is 0 Å². The summed E-state index contributed by atoms with van der Waals surface area (Å²) in [7, 11) is 1.60. The summed E-state index contributed by atoms with van der Waals surface area (Å²) in [6.07, 6.45) is 0.695. The van der Waals surface area contributed by atoms with E-state index in [4.69, 9.17) is 10.5 Å². The van der Waals surface area contributed by atoms with E-state index < -0.39 is 5.91 Å². The van der Waals surface area contributed by atoms with Crippen molar-refractivity contribution in [2.45, 2.75) is 26.3 Å². The fourth-order valence-corrected chi connectivity index (χ4v) is 2.58. The fraction of sp³-hybridized carbons (Fsp3) is 0.375. The van der Waals surface area contributed by atoms with Crippen LogP contribution in [0.5, 0.6) is 5.75 Å². The van der Waals surface area contributed by atoms with Crippen LogP contribution in [0.25, 0.3) is 10.9 Å². The number of primary amides is 1. The molecule has 1 heterocycles. The monoisotopic (exact) mass is 303 g/mol. The number of hydrogen-bond donors (Lipinski definition) is 2. The van der Waals surface area contributed by atoms with Crippen molar-refractivity contribution in [3.8, 4) is 5.75 Å². The Labute approximate surface area is 129 Å². The average molecular weight is 303 g/mol. The molecular weight excluding hydrogens is 282 g/mol. The molecule has 6 heteroatoms. The predicted octanol–water partition coefficient (Wildman–Crippen LogP) is 1.84. The van der Waals surface area contributed by atoms with Crippen molar-refractivity contribution in [3.63, 3.8) is 0 Å². The SMILES string of the molecule is COc1ccc2cc(C(N)=O)n(C(C)CCNC(C)=O)c2c1. The lowest BCUT2D eigenvalue weighted by atomic mass is 10.2. The van der Waals surface area contributed by atoms with Crippen LogP contribution in [-0.4, -0.2) is 30.0 Å². The van der Waals surface area contributed by atoms with Crippen molar-refractivity contribution < 1.29 is 14.3 Å². The summed E-state index contributed by atoms with van der Waals surface area (Å²) in [5.74, 6) is 0.180. The van der Waals surface area contributed by atoms with Crippen LogP contribution >= 0.6 is 0 Å². The number of nitrogens with zero attached hydrogens (tertiary/aromatic N) is 1. The number of nitrogens with two attached hydrogens (primary N) is 1. The molecule has 0 aliphatic heterocycles. The van der Waals surface area contributed by atoms with Gasteiger partial charge in [0.25, 0.3) is 5.91 Å². The summed E-state index contributed by atoms with van der Waals surface area (Å²) in [5.41, 5.74) is 6.85. The Morgan fingerprint density at radius 3 is 2.68 bits per heavy atom. The molecule has 0 saturated carbocycles. The van der Waals surface area contributed by atoms with Gasteiger partial charge >= 0.3 is 0 Å². The van der Waals surface area contributed by atoms with Crippen molar-refractivity contribution in [2.24, 2.45) is 5.73 Å². The summed E-state index contributed by atoms with van der Waals surface area (Å²) in [4.78, 5) is 22.7. The number of rotatable bonds is 6. The Bertz CT molecular complexity index is 706. The lowest BCUT2D eigenvalue weighted by molar-refractivity contribution is -0.118. The molecule has 118 valence electrons. The molecule has 0 fully saturated rings. The molecule has 1 atom stereocenters. The Morgan fingerprint density at radius 2 is 2.09 bits per heavy atom. The van der Waals surface area contributed by atoms with Crippen LogP contribution in [0.1, 0.15) is 36.8 Å². The second kappa shape index (κ2) is 6.51. The second-order valence-electron chi connectivity index (χ2n) is 5.31. The molecular formula is C16H21N3O3. The molecule has 0 spiro atoms. The Morgan fingerprint density at radius 1 is 1.36 bits per heavy atom. The maximum absolute atomic E-state index is 11.7. The number of fused-ring (bicyclic) bond motifs is 1. The molecule has 22 heavy (non-hydrogen) atoms. The summed E-state index contributed by atoms with van der Waals surface area (Å²) in [6, 6.07) is 7.43. The van der Waals surface area contributed by atoms with Gasteiger partial charge in [0, 0.05) is 31.0 Å². The zero-order chi connectivity index (χ0) is 16.3. The molecule has 0 bridgehead atoms. The Hall–Kier alpha value is -2.50. The van der Waals surface area contributed by atoms with Crippen LogP contribution in [0.15, 0.2) is 24.3 Å². The van der Waals surface area contributed by atoms with Crippen molar-refractivity contribution in [2.75, 3.05) is 13.7 Å². The molecule has 2 amide bonds. The standard InChI is InChI=1S/C16H21N3O3/c1-10(6-7-18-11(2)20)19-14-9-13(22-3)5-4-12(14)8-15(19)16(17)21/h4-5,8-10H,6-7H2,1-3H3,(H2,17,21)(H,18,20). The van der Waals surface area contributed by atoms with Gasteiger partial charge < -0.3 is 20.4 Å². The minimum absolute atomic E-state index is 0.0129. The highest BCUT2D eigenvalue weighted by Gasteiger charge is 2.18. The number of aromatic nitrogens is 1. The van der Waals surface area contributed by atoms with Gasteiger partial charge in [-0.2, -0.15) is 0 Å². The summed E-state index contributed by atoms with van der Waals surface area (Å²) < 4.78 is 7.16. The highest BCUT2D eigenvalue weighted by molar-refractivity contribution is 5.98. The topological polar surface area (TPSA) is 86.3 Å². The van der Waals surface area contributed by atoms with E-state index in [1.54, 1.807) is 13.2 Å². The summed E-state index contributed by atoms with van der Waals surface area (Å²) in [6.45, 7) is 4.01. The van der Waals surface area contributed by atoms with Crippen LogP contribution in [-0.2, 0) is 4.79 Å². The Kier molecular flexibility index (Phi) is 4.70. The number of methoxy groups -OCH3 is 1. The first kappa shape index (κ1) is 15.9. The van der Waals surface area contributed by atoms with Gasteiger partial charge in [-0.15, -0.1) is 0 Å². The third-order valence-electron chi connectivity index (χ3n) is 3.68. The van der Waals surface area contributed by atoms with Crippen LogP contribution in [0.2, 0.25) is 0 Å². The highest BCUT2D eigenvalue weighted by Crippen LogP contribution is 2.28. The van der Waals surface area contributed by atoms with Gasteiger partial charge in [0.15, 0.2) is 0 Å². The zero-order valence-corrected chi connectivity index (χ0v) is 13.1. The zero-order valence-electron chi connectivity index (χ0n) is 13.1. The lowest BCUT2D eigenvalue weighted by Crippen LogP contribution is -2.25. The maximum Gasteiger partial charge on any atom is 0.265 e. The fourth-order valence-electron chi connectivity index (χ4n) is 2.58. The number of carbonyl (C=O) groups excluding carboxylic acids is 2. The normalized spacial score (nSPS) is 12.1. The molecule has 6 nitrogen and oxygen atoms in total. The molecule has 1 aromatic heterocycles. The third-order valence-corrected chi connectivity index (χ3v) is 3.68. The highest BCUT2D eigenvalue weighted by atomic mass is 16.5. The molecule has 0 radical (unpaired) electrons. The molecule has 0 aliphatic carbocycles. The van der Waals surface area contributed by atoms with Crippen molar-refractivity contribution in [1.82, 2.24) is 9.88 Å². The molecule has 1 unspecified atom stereocenters. The first-order chi connectivity index (χ1) is 10.4. The average Bonchev–Trinajstić information content (AvgIpc) is 2.85. The van der Waals surface area contributed by atoms with E-state index in [1.165, 1.54) is 6.92 Å². The third kappa shape index (κ3) is 3.21. The molecule has 3 N–H and O–H groups in total. The lowest BCUT2D eigenvalue weighted by Gasteiger charge is -2.18. The van der Waals surface area contributed by atoms with Gasteiger partial charge in [-0.1, -0.05) is 0 Å². The molecule has 2 aromatic rings. The van der Waals surface area contributed by atoms with Gasteiger partial charge in [0.05, 0.1) is 12.6 Å². The van der Waals surface area contributed by atoms with Gasteiger partial charge in [-0.25, -0.2) is 0 Å². The van der Waals surface area contributed by atoms with Crippen LogP contribution in [0.4, 0.5) is 0 Å². The number of amides is 2. The van der Waals surface area contributed by atoms with Gasteiger partial charge in [0.1, 0.15) is 11.4 Å². The molecule has 1 aromatic carbocycles. The van der Waals surface area contributed by atoms with Crippen molar-refractivity contribution >= 4 is 22.7 Å².